The van der Waals surface area contributed by atoms with Gasteiger partial charge in [0.2, 0.25) is 0 Å². The normalized spacial score (nSPS) is 11.1. The highest BCUT2D eigenvalue weighted by Crippen LogP contribution is 2.19. The summed E-state index contributed by atoms with van der Waals surface area (Å²) in [6.45, 7) is 2.01. The van der Waals surface area contributed by atoms with E-state index in [1.54, 1.807) is 11.3 Å². The lowest BCUT2D eigenvalue weighted by molar-refractivity contribution is 0.0994. The third kappa shape index (κ3) is 2.19. The van der Waals surface area contributed by atoms with Gasteiger partial charge in [0.15, 0.2) is 5.78 Å². The summed E-state index contributed by atoms with van der Waals surface area (Å²) >= 11 is 1.54. The van der Waals surface area contributed by atoms with E-state index in [1.165, 1.54) is 0 Å². The number of thiophene rings is 1. The van der Waals surface area contributed by atoms with Crippen molar-refractivity contribution in [1.29, 1.82) is 0 Å². The second-order valence-electron chi connectivity index (χ2n) is 4.59. The van der Waals surface area contributed by atoms with Gasteiger partial charge in [-0.15, -0.1) is 11.3 Å². The molecule has 3 nitrogen and oxygen atoms in total. The van der Waals surface area contributed by atoms with Gasteiger partial charge >= 0.3 is 0 Å². The maximum Gasteiger partial charge on any atom is 0.180 e. The lowest BCUT2D eigenvalue weighted by atomic mass is 10.2. The summed E-state index contributed by atoms with van der Waals surface area (Å²) in [5.74, 6) is 0.953. The summed E-state index contributed by atoms with van der Waals surface area (Å²) in [5.41, 5.74) is 2.00. The van der Waals surface area contributed by atoms with E-state index in [-0.39, 0.29) is 5.78 Å². The Bertz CT molecular complexity index is 754. The van der Waals surface area contributed by atoms with Crippen LogP contribution in [0.4, 0.5) is 0 Å². The van der Waals surface area contributed by atoms with Gasteiger partial charge in [-0.05, 0) is 31.2 Å². The average Bonchev–Trinajstić information content (AvgIpc) is 2.96. The fourth-order valence-electron chi connectivity index (χ4n) is 2.17. The van der Waals surface area contributed by atoms with Crippen molar-refractivity contribution in [2.45, 2.75) is 13.3 Å². The number of Topliss-reactive ketones (excluding diaryl/α,β-unsaturated/α-hetero) is 1. The van der Waals surface area contributed by atoms with Gasteiger partial charge in [-0.2, -0.15) is 0 Å². The van der Waals surface area contributed by atoms with Gasteiger partial charge in [0, 0.05) is 11.9 Å². The van der Waals surface area contributed by atoms with Crippen LogP contribution >= 0.6 is 11.3 Å². The minimum Gasteiger partial charge on any atom is -0.331 e. The summed E-state index contributed by atoms with van der Waals surface area (Å²) in [7, 11) is 1.96. The molecule has 0 saturated carbocycles. The van der Waals surface area contributed by atoms with Crippen molar-refractivity contribution in [1.82, 2.24) is 9.55 Å². The smallest absolute Gasteiger partial charge is 0.180 e. The molecule has 0 atom stereocenters. The molecule has 0 aliphatic rings. The standard InChI is InChI=1S/C15H14N2OS/c1-10-7-8-14(19-10)13(18)9-15-16-11-5-3-4-6-12(11)17(15)2/h3-8H,9H2,1-2H3. The van der Waals surface area contributed by atoms with Crippen molar-refractivity contribution >= 4 is 28.2 Å². The maximum atomic E-state index is 12.2. The predicted molar refractivity (Wildman–Crippen MR) is 77.8 cm³/mol. The van der Waals surface area contributed by atoms with E-state index in [2.05, 4.69) is 4.98 Å². The molecule has 1 aromatic carbocycles. The van der Waals surface area contributed by atoms with Gasteiger partial charge in [0.1, 0.15) is 5.82 Å². The summed E-state index contributed by atoms with van der Waals surface area (Å²) in [4.78, 5) is 18.7. The van der Waals surface area contributed by atoms with Crippen LogP contribution in [0.15, 0.2) is 36.4 Å². The van der Waals surface area contributed by atoms with E-state index in [4.69, 9.17) is 0 Å². The summed E-state index contributed by atoms with van der Waals surface area (Å²) in [6.07, 6.45) is 0.352. The molecule has 0 saturated heterocycles. The molecule has 0 bridgehead atoms. The van der Waals surface area contributed by atoms with Gasteiger partial charge in [-0.25, -0.2) is 4.98 Å². The Morgan fingerprint density at radius 1 is 1.26 bits per heavy atom. The summed E-state index contributed by atoms with van der Waals surface area (Å²) in [5, 5.41) is 0. The number of carbonyl (C=O) groups excluding carboxylic acids is 1. The number of aromatic nitrogens is 2. The Hall–Kier alpha value is -1.94. The molecule has 19 heavy (non-hydrogen) atoms. The zero-order valence-electron chi connectivity index (χ0n) is 10.9. The largest absolute Gasteiger partial charge is 0.331 e. The van der Waals surface area contributed by atoms with E-state index in [0.717, 1.165) is 26.6 Å². The number of para-hydroxylation sites is 2. The molecule has 0 N–H and O–H groups in total. The lowest BCUT2D eigenvalue weighted by Crippen LogP contribution is -2.06. The highest BCUT2D eigenvalue weighted by atomic mass is 32.1. The first-order chi connectivity index (χ1) is 9.15. The molecule has 0 fully saturated rings. The molecule has 2 aromatic heterocycles. The molecule has 2 heterocycles. The first-order valence-electron chi connectivity index (χ1n) is 6.15. The van der Waals surface area contributed by atoms with E-state index in [1.807, 2.05) is 54.9 Å². The zero-order chi connectivity index (χ0) is 13.4. The highest BCUT2D eigenvalue weighted by molar-refractivity contribution is 7.14. The van der Waals surface area contributed by atoms with Crippen LogP contribution in [0.25, 0.3) is 11.0 Å². The molecule has 0 spiro atoms. The molecule has 96 valence electrons. The fraction of sp³-hybridized carbons (Fsp3) is 0.200. The third-order valence-corrected chi connectivity index (χ3v) is 4.26. The number of hydrogen-bond acceptors (Lipinski definition) is 3. The van der Waals surface area contributed by atoms with Gasteiger partial charge in [-0.3, -0.25) is 4.79 Å². The maximum absolute atomic E-state index is 12.2. The number of benzene rings is 1. The van der Waals surface area contributed by atoms with Crippen LogP contribution in [0.3, 0.4) is 0 Å². The van der Waals surface area contributed by atoms with Crippen LogP contribution < -0.4 is 0 Å². The molecule has 0 amide bonds. The van der Waals surface area contributed by atoms with Crippen molar-refractivity contribution in [3.8, 4) is 0 Å². The van der Waals surface area contributed by atoms with Gasteiger partial charge in [0.05, 0.1) is 22.3 Å². The molecule has 0 unspecified atom stereocenters. The molecular formula is C15H14N2OS. The average molecular weight is 270 g/mol. The van der Waals surface area contributed by atoms with Crippen LogP contribution in [0.5, 0.6) is 0 Å². The lowest BCUT2D eigenvalue weighted by Gasteiger charge is -2.00. The molecule has 3 aromatic rings. The van der Waals surface area contributed by atoms with E-state index >= 15 is 0 Å². The van der Waals surface area contributed by atoms with Crippen molar-refractivity contribution in [2.75, 3.05) is 0 Å². The monoisotopic (exact) mass is 270 g/mol. The number of ketones is 1. The van der Waals surface area contributed by atoms with Gasteiger partial charge in [-0.1, -0.05) is 12.1 Å². The van der Waals surface area contributed by atoms with Crippen molar-refractivity contribution in [3.05, 3.63) is 52.0 Å². The number of aryl methyl sites for hydroxylation is 2. The predicted octanol–water partition coefficient (Wildman–Crippen LogP) is 3.37. The second kappa shape index (κ2) is 4.63. The minimum atomic E-state index is 0.136. The van der Waals surface area contributed by atoms with Crippen molar-refractivity contribution in [2.24, 2.45) is 7.05 Å². The van der Waals surface area contributed by atoms with Crippen molar-refractivity contribution < 1.29 is 4.79 Å². The first-order valence-corrected chi connectivity index (χ1v) is 6.97. The Labute approximate surface area is 115 Å². The second-order valence-corrected chi connectivity index (χ2v) is 5.87. The molecule has 0 aliphatic heterocycles. The highest BCUT2D eigenvalue weighted by Gasteiger charge is 2.14. The number of imidazole rings is 1. The van der Waals surface area contributed by atoms with E-state index < -0.39 is 0 Å². The quantitative estimate of drug-likeness (QED) is 0.684. The Balaban J connectivity index is 1.93. The summed E-state index contributed by atoms with van der Waals surface area (Å²) < 4.78 is 1.99. The van der Waals surface area contributed by atoms with Crippen LogP contribution in [0.1, 0.15) is 20.4 Å². The SMILES string of the molecule is Cc1ccc(C(=O)Cc2nc3ccccc3n2C)s1. The van der Waals surface area contributed by atoms with Crippen LogP contribution in [-0.2, 0) is 13.5 Å². The van der Waals surface area contributed by atoms with Crippen LogP contribution in [0, 0.1) is 6.92 Å². The number of rotatable bonds is 3. The molecule has 4 heteroatoms. The third-order valence-electron chi connectivity index (χ3n) is 3.21. The van der Waals surface area contributed by atoms with E-state index in [9.17, 15) is 4.79 Å². The number of hydrogen-bond donors (Lipinski definition) is 0. The first kappa shape index (κ1) is 12.1. The number of nitrogens with zero attached hydrogens (tertiary/aromatic N) is 2. The van der Waals surface area contributed by atoms with Gasteiger partial charge in [0.25, 0.3) is 0 Å². The Kier molecular flexibility index (Phi) is 2.95. The molecule has 0 radical (unpaired) electrons. The van der Waals surface area contributed by atoms with Crippen LogP contribution in [-0.4, -0.2) is 15.3 Å². The molecule has 3 rings (SSSR count). The minimum absolute atomic E-state index is 0.136. The zero-order valence-corrected chi connectivity index (χ0v) is 11.7. The van der Waals surface area contributed by atoms with Gasteiger partial charge < -0.3 is 4.57 Å². The number of fused-ring (bicyclic) bond motifs is 1. The topological polar surface area (TPSA) is 34.9 Å². The Morgan fingerprint density at radius 2 is 2.05 bits per heavy atom. The van der Waals surface area contributed by atoms with Crippen molar-refractivity contribution in [3.63, 3.8) is 0 Å². The molecular weight excluding hydrogens is 256 g/mol. The number of carbonyl (C=O) groups is 1. The van der Waals surface area contributed by atoms with Crippen LogP contribution in [0.2, 0.25) is 0 Å². The Morgan fingerprint density at radius 3 is 2.74 bits per heavy atom. The fourth-order valence-corrected chi connectivity index (χ4v) is 2.97. The molecule has 0 aliphatic carbocycles. The summed E-state index contributed by atoms with van der Waals surface area (Å²) in [6, 6.07) is 11.8. The van der Waals surface area contributed by atoms with E-state index in [0.29, 0.717) is 6.42 Å².